The summed E-state index contributed by atoms with van der Waals surface area (Å²) in [5, 5.41) is 7.99. The van der Waals surface area contributed by atoms with Crippen LogP contribution in [0.1, 0.15) is 100.0 Å². The van der Waals surface area contributed by atoms with Crippen molar-refractivity contribution in [2.45, 2.75) is 91.9 Å². The van der Waals surface area contributed by atoms with Crippen molar-refractivity contribution in [3.8, 4) is 22.7 Å². The smallest absolute Gasteiger partial charge is 0.270 e. The average Bonchev–Trinajstić information content (AvgIpc) is 3.46. The SMILES string of the molecule is CCC(C)(C)c1ccc(OCCCCNC(=O)c2cc(-c3ccccc3)nn2-c2cc(C)ccc2C)c(C(C)(C)CC)c1. The Balaban J connectivity index is 1.41. The van der Waals surface area contributed by atoms with Gasteiger partial charge in [-0.15, -0.1) is 0 Å². The minimum atomic E-state index is -0.127. The highest BCUT2D eigenvalue weighted by atomic mass is 16.5. The van der Waals surface area contributed by atoms with Crippen LogP contribution in [0.4, 0.5) is 0 Å². The van der Waals surface area contributed by atoms with Crippen molar-refractivity contribution in [3.05, 3.63) is 101 Å². The molecule has 3 aromatic carbocycles. The molecule has 1 aromatic heterocycles. The summed E-state index contributed by atoms with van der Waals surface area (Å²) >= 11 is 0. The number of hydrogen-bond donors (Lipinski definition) is 1. The van der Waals surface area contributed by atoms with Gasteiger partial charge >= 0.3 is 0 Å². The normalized spacial score (nSPS) is 11.9. The third kappa shape index (κ3) is 7.57. The minimum Gasteiger partial charge on any atom is -0.493 e. The summed E-state index contributed by atoms with van der Waals surface area (Å²) in [5.41, 5.74) is 8.19. The second-order valence-electron chi connectivity index (χ2n) is 13.0. The first-order valence-corrected chi connectivity index (χ1v) is 15.8. The Morgan fingerprint density at radius 2 is 1.58 bits per heavy atom. The standard InChI is InChI=1S/C38H49N3O2/c1-9-37(5,6)30-20-21-35(31(25-30)38(7,8)10-2)43-23-15-14-22-39-36(42)34-26-32(29-16-12-11-13-17-29)40-41(34)33-24-27(3)18-19-28(33)4/h11-13,16-21,24-26H,9-10,14-15,22-23H2,1-8H3,(H,39,42). The first-order chi connectivity index (χ1) is 20.5. The average molecular weight is 580 g/mol. The Morgan fingerprint density at radius 1 is 0.860 bits per heavy atom. The monoisotopic (exact) mass is 579 g/mol. The van der Waals surface area contributed by atoms with E-state index in [4.69, 9.17) is 9.84 Å². The number of rotatable bonds is 13. The van der Waals surface area contributed by atoms with Gasteiger partial charge in [-0.1, -0.05) is 96.1 Å². The molecule has 0 aliphatic rings. The van der Waals surface area contributed by atoms with Gasteiger partial charge in [0.25, 0.3) is 5.91 Å². The van der Waals surface area contributed by atoms with Crippen molar-refractivity contribution in [2.75, 3.05) is 13.2 Å². The Bertz CT molecular complexity index is 1530. The summed E-state index contributed by atoms with van der Waals surface area (Å²) in [4.78, 5) is 13.5. The molecule has 4 aromatic rings. The van der Waals surface area contributed by atoms with E-state index in [-0.39, 0.29) is 16.7 Å². The highest BCUT2D eigenvalue weighted by molar-refractivity contribution is 5.94. The maximum absolute atomic E-state index is 13.5. The zero-order chi connectivity index (χ0) is 31.2. The van der Waals surface area contributed by atoms with Crippen LogP contribution in [0.3, 0.4) is 0 Å². The molecule has 5 nitrogen and oxygen atoms in total. The summed E-state index contributed by atoms with van der Waals surface area (Å²) in [7, 11) is 0. The van der Waals surface area contributed by atoms with Crippen LogP contribution < -0.4 is 10.1 Å². The van der Waals surface area contributed by atoms with E-state index in [0.29, 0.717) is 18.8 Å². The van der Waals surface area contributed by atoms with Crippen LogP contribution in [0.2, 0.25) is 0 Å². The lowest BCUT2D eigenvalue weighted by Gasteiger charge is -2.30. The van der Waals surface area contributed by atoms with Crippen molar-refractivity contribution < 1.29 is 9.53 Å². The maximum atomic E-state index is 13.5. The molecular weight excluding hydrogens is 530 g/mol. The van der Waals surface area contributed by atoms with Gasteiger partial charge in [-0.25, -0.2) is 4.68 Å². The molecule has 0 saturated heterocycles. The second kappa shape index (κ2) is 13.6. The van der Waals surface area contributed by atoms with E-state index >= 15 is 0 Å². The molecule has 5 heteroatoms. The Labute approximate surface area is 258 Å². The van der Waals surface area contributed by atoms with Gasteiger partial charge in [0.05, 0.1) is 18.0 Å². The fourth-order valence-corrected chi connectivity index (χ4v) is 5.13. The lowest BCUT2D eigenvalue weighted by atomic mass is 9.76. The first-order valence-electron chi connectivity index (χ1n) is 15.8. The summed E-state index contributed by atoms with van der Waals surface area (Å²) in [6, 6.07) is 24.8. The lowest BCUT2D eigenvalue weighted by molar-refractivity contribution is 0.0944. The molecule has 43 heavy (non-hydrogen) atoms. The molecule has 0 aliphatic carbocycles. The fraction of sp³-hybridized carbons (Fsp3) is 0.421. The van der Waals surface area contributed by atoms with Crippen molar-refractivity contribution in [3.63, 3.8) is 0 Å². The summed E-state index contributed by atoms with van der Waals surface area (Å²) < 4.78 is 8.13. The number of aryl methyl sites for hydroxylation is 2. The van der Waals surface area contributed by atoms with E-state index in [9.17, 15) is 4.79 Å². The van der Waals surface area contributed by atoms with Crippen LogP contribution in [-0.2, 0) is 10.8 Å². The van der Waals surface area contributed by atoms with Crippen molar-refractivity contribution in [2.24, 2.45) is 0 Å². The third-order valence-corrected chi connectivity index (χ3v) is 8.98. The molecule has 1 amide bonds. The summed E-state index contributed by atoms with van der Waals surface area (Å²) in [5.74, 6) is 0.843. The van der Waals surface area contributed by atoms with Crippen LogP contribution in [-0.4, -0.2) is 28.8 Å². The van der Waals surface area contributed by atoms with Crippen LogP contribution in [0.25, 0.3) is 16.9 Å². The topological polar surface area (TPSA) is 56.1 Å². The highest BCUT2D eigenvalue weighted by Gasteiger charge is 2.26. The van der Waals surface area contributed by atoms with Crippen LogP contribution in [0, 0.1) is 13.8 Å². The van der Waals surface area contributed by atoms with E-state index in [1.807, 2.05) is 43.3 Å². The van der Waals surface area contributed by atoms with Gasteiger partial charge < -0.3 is 10.1 Å². The Morgan fingerprint density at radius 3 is 2.28 bits per heavy atom. The van der Waals surface area contributed by atoms with Gasteiger partial charge in [-0.05, 0) is 85.3 Å². The lowest BCUT2D eigenvalue weighted by Crippen LogP contribution is -2.27. The van der Waals surface area contributed by atoms with Crippen LogP contribution in [0.15, 0.2) is 72.8 Å². The van der Waals surface area contributed by atoms with E-state index in [0.717, 1.165) is 59.5 Å². The number of carbonyl (C=O) groups excluding carboxylic acids is 1. The highest BCUT2D eigenvalue weighted by Crippen LogP contribution is 2.38. The minimum absolute atomic E-state index is 0.0281. The van der Waals surface area contributed by atoms with Gasteiger partial charge in [-0.2, -0.15) is 5.10 Å². The Hall–Kier alpha value is -3.86. The zero-order valence-corrected chi connectivity index (χ0v) is 27.4. The quantitative estimate of drug-likeness (QED) is 0.161. The number of unbranched alkanes of at least 4 members (excludes halogenated alkanes) is 1. The number of benzene rings is 3. The molecule has 4 rings (SSSR count). The fourth-order valence-electron chi connectivity index (χ4n) is 5.13. The molecule has 0 fully saturated rings. The molecule has 0 atom stereocenters. The molecule has 0 unspecified atom stereocenters. The van der Waals surface area contributed by atoms with Gasteiger partial charge in [-0.3, -0.25) is 4.79 Å². The zero-order valence-electron chi connectivity index (χ0n) is 27.4. The largest absolute Gasteiger partial charge is 0.493 e. The van der Waals surface area contributed by atoms with Crippen LogP contribution >= 0.6 is 0 Å². The maximum Gasteiger partial charge on any atom is 0.270 e. The van der Waals surface area contributed by atoms with Gasteiger partial charge in [0.2, 0.25) is 0 Å². The van der Waals surface area contributed by atoms with E-state index in [1.54, 1.807) is 4.68 Å². The summed E-state index contributed by atoms with van der Waals surface area (Å²) in [6.07, 6.45) is 3.79. The molecule has 0 radical (unpaired) electrons. The second-order valence-corrected chi connectivity index (χ2v) is 13.0. The predicted molar refractivity (Wildman–Crippen MR) is 179 cm³/mol. The number of nitrogens with zero attached hydrogens (tertiary/aromatic N) is 2. The number of aromatic nitrogens is 2. The molecule has 1 heterocycles. The molecule has 0 bridgehead atoms. The number of hydrogen-bond acceptors (Lipinski definition) is 3. The molecule has 228 valence electrons. The van der Waals surface area contributed by atoms with Crippen molar-refractivity contribution >= 4 is 5.91 Å². The van der Waals surface area contributed by atoms with Crippen molar-refractivity contribution in [1.29, 1.82) is 0 Å². The van der Waals surface area contributed by atoms with Crippen molar-refractivity contribution in [1.82, 2.24) is 15.1 Å². The molecule has 1 N–H and O–H groups in total. The van der Waals surface area contributed by atoms with Crippen LogP contribution in [0.5, 0.6) is 5.75 Å². The Kier molecular flexibility index (Phi) is 10.2. The molecular formula is C38H49N3O2. The number of nitrogens with one attached hydrogen (secondary N) is 1. The number of carbonyl (C=O) groups is 1. The van der Waals surface area contributed by atoms with Gasteiger partial charge in [0, 0.05) is 17.7 Å². The number of ether oxygens (including phenoxy) is 1. The number of amides is 1. The van der Waals surface area contributed by atoms with E-state index < -0.39 is 0 Å². The van der Waals surface area contributed by atoms with E-state index in [1.165, 1.54) is 11.1 Å². The van der Waals surface area contributed by atoms with E-state index in [2.05, 4.69) is 90.2 Å². The predicted octanol–water partition coefficient (Wildman–Crippen LogP) is 9.12. The summed E-state index contributed by atoms with van der Waals surface area (Å²) in [6.45, 7) is 18.9. The molecule has 0 saturated carbocycles. The third-order valence-electron chi connectivity index (χ3n) is 8.98. The van der Waals surface area contributed by atoms with Gasteiger partial charge in [0.15, 0.2) is 0 Å². The first kappa shape index (κ1) is 32.1. The molecule has 0 aliphatic heterocycles. The molecule has 0 spiro atoms. The van der Waals surface area contributed by atoms with Gasteiger partial charge in [0.1, 0.15) is 11.4 Å².